The number of para-hydroxylation sites is 1. The van der Waals surface area contributed by atoms with Gasteiger partial charge in [0.15, 0.2) is 0 Å². The summed E-state index contributed by atoms with van der Waals surface area (Å²) in [5, 5.41) is 6.79. The van der Waals surface area contributed by atoms with Gasteiger partial charge in [-0.05, 0) is 49.1 Å². The molecular formula is C23H30N4O3S. The van der Waals surface area contributed by atoms with Crippen LogP contribution in [0.1, 0.15) is 51.5 Å². The fourth-order valence-electron chi connectivity index (χ4n) is 5.34. The van der Waals surface area contributed by atoms with Crippen LogP contribution in [0.2, 0.25) is 0 Å². The van der Waals surface area contributed by atoms with Crippen LogP contribution in [0.4, 0.5) is 4.79 Å². The lowest BCUT2D eigenvalue weighted by Gasteiger charge is -2.43. The zero-order valence-electron chi connectivity index (χ0n) is 18.4. The monoisotopic (exact) mass is 442 g/mol. The molecule has 166 valence electrons. The van der Waals surface area contributed by atoms with E-state index in [0.29, 0.717) is 25.3 Å². The molecule has 1 saturated heterocycles. The van der Waals surface area contributed by atoms with Gasteiger partial charge in [0, 0.05) is 13.0 Å². The molecule has 2 aliphatic rings. The molecule has 7 nitrogen and oxygen atoms in total. The number of aromatic nitrogens is 1. The van der Waals surface area contributed by atoms with E-state index in [-0.39, 0.29) is 23.8 Å². The Balaban J connectivity index is 1.28. The second kappa shape index (κ2) is 8.22. The van der Waals surface area contributed by atoms with Gasteiger partial charge < -0.3 is 10.6 Å². The number of thiazole rings is 1. The normalized spacial score (nSPS) is 25.3. The lowest BCUT2D eigenvalue weighted by Crippen LogP contribution is -2.54. The number of urea groups is 1. The first-order valence-corrected chi connectivity index (χ1v) is 11.7. The predicted molar refractivity (Wildman–Crippen MR) is 121 cm³/mol. The average Bonchev–Trinajstić information content (AvgIpc) is 3.18. The molecule has 1 aliphatic heterocycles. The van der Waals surface area contributed by atoms with Gasteiger partial charge >= 0.3 is 6.03 Å². The highest BCUT2D eigenvalue weighted by atomic mass is 32.1. The Morgan fingerprint density at radius 2 is 2.06 bits per heavy atom. The summed E-state index contributed by atoms with van der Waals surface area (Å²) < 4.78 is 1.16. The molecule has 4 rings (SSSR count). The Kier molecular flexibility index (Phi) is 5.77. The molecule has 0 bridgehead atoms. The number of carbonyl (C=O) groups is 3. The highest BCUT2D eigenvalue weighted by Gasteiger charge is 2.56. The van der Waals surface area contributed by atoms with Crippen molar-refractivity contribution in [2.24, 2.45) is 11.3 Å². The maximum Gasteiger partial charge on any atom is 0.325 e. The summed E-state index contributed by atoms with van der Waals surface area (Å²) in [5.74, 6) is -0.237. The average molecular weight is 443 g/mol. The van der Waals surface area contributed by atoms with Crippen molar-refractivity contribution in [1.82, 2.24) is 20.5 Å². The van der Waals surface area contributed by atoms with Crippen molar-refractivity contribution in [1.29, 1.82) is 0 Å². The fraction of sp³-hybridized carbons (Fsp3) is 0.565. The van der Waals surface area contributed by atoms with E-state index in [1.165, 1.54) is 0 Å². The number of benzene rings is 1. The van der Waals surface area contributed by atoms with Crippen LogP contribution in [0.3, 0.4) is 0 Å². The van der Waals surface area contributed by atoms with Crippen molar-refractivity contribution in [3.05, 3.63) is 29.3 Å². The minimum absolute atomic E-state index is 0.0283. The minimum atomic E-state index is -0.870. The van der Waals surface area contributed by atoms with Crippen LogP contribution < -0.4 is 10.6 Å². The van der Waals surface area contributed by atoms with E-state index in [1.54, 1.807) is 11.3 Å². The van der Waals surface area contributed by atoms with Crippen molar-refractivity contribution >= 4 is 39.4 Å². The standard InChI is InChI=1S/C23H30N4O3S/c1-15-11-22(2,3)14-23(12-15)20(29)27(21(30)26-23)13-18(28)24-10-6-9-19-25-16-7-4-5-8-17(16)31-19/h4-5,7-8,15H,6,9-14H2,1-3H3,(H,24,28)(H,26,30). The van der Waals surface area contributed by atoms with Gasteiger partial charge in [0.2, 0.25) is 5.91 Å². The lowest BCUT2D eigenvalue weighted by atomic mass is 9.64. The van der Waals surface area contributed by atoms with Gasteiger partial charge in [0.25, 0.3) is 5.91 Å². The lowest BCUT2D eigenvalue weighted by molar-refractivity contribution is -0.137. The topological polar surface area (TPSA) is 91.4 Å². The third-order valence-corrected chi connectivity index (χ3v) is 7.25. The molecule has 0 radical (unpaired) electrons. The SMILES string of the molecule is CC1CC(C)(C)CC2(C1)NC(=O)N(CC(=O)NCCCc1nc3ccccc3s1)C2=O. The van der Waals surface area contributed by atoms with E-state index in [9.17, 15) is 14.4 Å². The number of carbonyl (C=O) groups excluding carboxylic acids is 3. The molecule has 2 aromatic rings. The molecule has 2 N–H and O–H groups in total. The Labute approximate surface area is 186 Å². The fourth-order valence-corrected chi connectivity index (χ4v) is 6.35. The van der Waals surface area contributed by atoms with Crippen LogP contribution in [-0.2, 0) is 16.0 Å². The number of amides is 4. The third-order valence-electron chi connectivity index (χ3n) is 6.15. The summed E-state index contributed by atoms with van der Waals surface area (Å²) in [7, 11) is 0. The molecule has 2 fully saturated rings. The van der Waals surface area contributed by atoms with Crippen molar-refractivity contribution in [3.8, 4) is 0 Å². The van der Waals surface area contributed by atoms with E-state index in [4.69, 9.17) is 0 Å². The summed E-state index contributed by atoms with van der Waals surface area (Å²) in [6, 6.07) is 7.56. The molecule has 1 aromatic heterocycles. The first kappa shape index (κ1) is 21.7. The van der Waals surface area contributed by atoms with Crippen LogP contribution >= 0.6 is 11.3 Å². The Morgan fingerprint density at radius 1 is 1.29 bits per heavy atom. The van der Waals surface area contributed by atoms with E-state index in [1.807, 2.05) is 18.2 Å². The molecule has 1 aliphatic carbocycles. The molecule has 8 heteroatoms. The van der Waals surface area contributed by atoms with Gasteiger partial charge in [-0.15, -0.1) is 11.3 Å². The van der Waals surface area contributed by atoms with Gasteiger partial charge in [-0.25, -0.2) is 9.78 Å². The number of fused-ring (bicyclic) bond motifs is 1. The molecule has 1 aromatic carbocycles. The number of imide groups is 1. The van der Waals surface area contributed by atoms with Gasteiger partial charge in [0.1, 0.15) is 12.1 Å². The molecule has 1 saturated carbocycles. The van der Waals surface area contributed by atoms with Crippen LogP contribution in [-0.4, -0.2) is 46.4 Å². The third kappa shape index (κ3) is 4.59. The van der Waals surface area contributed by atoms with E-state index >= 15 is 0 Å². The van der Waals surface area contributed by atoms with Gasteiger partial charge in [0.05, 0.1) is 15.2 Å². The first-order valence-electron chi connectivity index (χ1n) is 10.9. The summed E-state index contributed by atoms with van der Waals surface area (Å²) in [4.78, 5) is 43.7. The van der Waals surface area contributed by atoms with Gasteiger partial charge in [-0.2, -0.15) is 0 Å². The molecule has 2 unspecified atom stereocenters. The van der Waals surface area contributed by atoms with Crippen molar-refractivity contribution < 1.29 is 14.4 Å². The minimum Gasteiger partial charge on any atom is -0.355 e. The molecule has 1 spiro atoms. The predicted octanol–water partition coefficient (Wildman–Crippen LogP) is 3.48. The summed E-state index contributed by atoms with van der Waals surface area (Å²) >= 11 is 1.67. The molecular weight excluding hydrogens is 412 g/mol. The Hall–Kier alpha value is -2.48. The Morgan fingerprint density at radius 3 is 2.81 bits per heavy atom. The summed E-state index contributed by atoms with van der Waals surface area (Å²) in [6.07, 6.45) is 3.78. The maximum atomic E-state index is 13.1. The number of rotatable bonds is 6. The Bertz CT molecular complexity index is 984. The number of nitrogens with zero attached hydrogens (tertiary/aromatic N) is 2. The van der Waals surface area contributed by atoms with E-state index < -0.39 is 11.6 Å². The quantitative estimate of drug-likeness (QED) is 0.529. The van der Waals surface area contributed by atoms with Crippen molar-refractivity contribution in [2.45, 2.75) is 58.4 Å². The number of nitrogens with one attached hydrogen (secondary N) is 2. The summed E-state index contributed by atoms with van der Waals surface area (Å²) in [6.45, 7) is 6.62. The molecule has 4 amide bonds. The highest BCUT2D eigenvalue weighted by molar-refractivity contribution is 7.18. The molecule has 2 heterocycles. The first-order chi connectivity index (χ1) is 14.7. The van der Waals surface area contributed by atoms with Crippen LogP contribution in [0.25, 0.3) is 10.2 Å². The van der Waals surface area contributed by atoms with Crippen LogP contribution in [0.15, 0.2) is 24.3 Å². The molecule has 31 heavy (non-hydrogen) atoms. The number of aryl methyl sites for hydroxylation is 1. The number of hydrogen-bond donors (Lipinski definition) is 2. The smallest absolute Gasteiger partial charge is 0.325 e. The zero-order chi connectivity index (χ0) is 22.2. The second-order valence-electron chi connectivity index (χ2n) is 9.79. The molecule has 2 atom stereocenters. The van der Waals surface area contributed by atoms with Crippen LogP contribution in [0, 0.1) is 11.3 Å². The van der Waals surface area contributed by atoms with E-state index in [2.05, 4.69) is 42.5 Å². The van der Waals surface area contributed by atoms with Crippen molar-refractivity contribution in [2.75, 3.05) is 13.1 Å². The van der Waals surface area contributed by atoms with Crippen molar-refractivity contribution in [3.63, 3.8) is 0 Å². The largest absolute Gasteiger partial charge is 0.355 e. The zero-order valence-corrected chi connectivity index (χ0v) is 19.2. The van der Waals surface area contributed by atoms with E-state index in [0.717, 1.165) is 39.4 Å². The van der Waals surface area contributed by atoms with Gasteiger partial charge in [-0.1, -0.05) is 32.9 Å². The van der Waals surface area contributed by atoms with Crippen LogP contribution in [0.5, 0.6) is 0 Å². The summed E-state index contributed by atoms with van der Waals surface area (Å²) in [5.41, 5.74) is 0.101. The highest BCUT2D eigenvalue weighted by Crippen LogP contribution is 2.46. The van der Waals surface area contributed by atoms with Gasteiger partial charge in [-0.3, -0.25) is 14.5 Å². The number of hydrogen-bond acceptors (Lipinski definition) is 5. The maximum absolute atomic E-state index is 13.1. The second-order valence-corrected chi connectivity index (χ2v) is 10.9.